The number of nitrogens with one attached hydrogen (secondary N) is 1. The number of methoxy groups -OCH3 is 1. The number of anilines is 1. The standard InChI is InChI=1S/C19H20ClNO3S/c1-23-17-9-8-13(11-16(17)20)21-19(22)15-6-2-3-7-18(15)25-12-14-5-4-10-24-14/h2-3,6-9,11,14H,4-5,10,12H2,1H3,(H,21,22)/t14-/m0/s1. The molecule has 0 aromatic heterocycles. The van der Waals surface area contributed by atoms with E-state index in [0.717, 1.165) is 30.1 Å². The van der Waals surface area contributed by atoms with Gasteiger partial charge in [-0.05, 0) is 43.2 Å². The second-order valence-corrected chi connectivity index (χ2v) is 7.21. The van der Waals surface area contributed by atoms with Crippen molar-refractivity contribution < 1.29 is 14.3 Å². The average molecular weight is 378 g/mol. The molecular formula is C19H20ClNO3S. The number of halogens is 1. The number of amides is 1. The molecular weight excluding hydrogens is 358 g/mol. The Bertz CT molecular complexity index is 747. The summed E-state index contributed by atoms with van der Waals surface area (Å²) in [5.74, 6) is 1.28. The van der Waals surface area contributed by atoms with Crippen LogP contribution in [0.4, 0.5) is 5.69 Å². The summed E-state index contributed by atoms with van der Waals surface area (Å²) < 4.78 is 10.8. The van der Waals surface area contributed by atoms with E-state index >= 15 is 0 Å². The van der Waals surface area contributed by atoms with Gasteiger partial charge in [0.05, 0.1) is 23.8 Å². The van der Waals surface area contributed by atoms with Gasteiger partial charge in [0.2, 0.25) is 0 Å². The third-order valence-electron chi connectivity index (χ3n) is 3.99. The molecule has 1 N–H and O–H groups in total. The molecule has 2 aromatic carbocycles. The molecule has 0 bridgehead atoms. The van der Waals surface area contributed by atoms with E-state index in [1.807, 2.05) is 24.3 Å². The maximum Gasteiger partial charge on any atom is 0.256 e. The lowest BCUT2D eigenvalue weighted by molar-refractivity contribution is 0.102. The predicted molar refractivity (Wildman–Crippen MR) is 102 cm³/mol. The van der Waals surface area contributed by atoms with E-state index in [1.165, 1.54) is 0 Å². The van der Waals surface area contributed by atoms with Crippen LogP contribution in [0, 0.1) is 0 Å². The Morgan fingerprint density at radius 2 is 2.20 bits per heavy atom. The monoisotopic (exact) mass is 377 g/mol. The first-order valence-electron chi connectivity index (χ1n) is 8.15. The predicted octanol–water partition coefficient (Wildman–Crippen LogP) is 4.87. The zero-order valence-corrected chi connectivity index (χ0v) is 15.5. The van der Waals surface area contributed by atoms with Crippen LogP contribution in [0.5, 0.6) is 5.75 Å². The molecule has 3 rings (SSSR count). The van der Waals surface area contributed by atoms with E-state index in [1.54, 1.807) is 37.1 Å². The lowest BCUT2D eigenvalue weighted by atomic mass is 10.2. The normalized spacial score (nSPS) is 16.6. The molecule has 0 spiro atoms. The molecule has 132 valence electrons. The molecule has 1 atom stereocenters. The highest BCUT2D eigenvalue weighted by molar-refractivity contribution is 7.99. The van der Waals surface area contributed by atoms with Crippen molar-refractivity contribution in [3.05, 3.63) is 53.1 Å². The fraction of sp³-hybridized carbons (Fsp3) is 0.316. The smallest absolute Gasteiger partial charge is 0.256 e. The summed E-state index contributed by atoms with van der Waals surface area (Å²) in [4.78, 5) is 13.6. The number of ether oxygens (including phenoxy) is 2. The van der Waals surface area contributed by atoms with Gasteiger partial charge in [-0.2, -0.15) is 0 Å². The quantitative estimate of drug-likeness (QED) is 0.729. The molecule has 1 aliphatic rings. The van der Waals surface area contributed by atoms with Gasteiger partial charge >= 0.3 is 0 Å². The minimum Gasteiger partial charge on any atom is -0.495 e. The lowest BCUT2D eigenvalue weighted by Gasteiger charge is -2.13. The van der Waals surface area contributed by atoms with Gasteiger partial charge in [0.25, 0.3) is 5.91 Å². The highest BCUT2D eigenvalue weighted by atomic mass is 35.5. The Labute approximate surface area is 156 Å². The van der Waals surface area contributed by atoms with Crippen LogP contribution in [0.25, 0.3) is 0 Å². The molecule has 0 saturated carbocycles. The topological polar surface area (TPSA) is 47.6 Å². The third kappa shape index (κ3) is 4.69. The van der Waals surface area contributed by atoms with E-state index in [0.29, 0.717) is 22.0 Å². The first-order valence-corrected chi connectivity index (χ1v) is 9.52. The number of carbonyl (C=O) groups excluding carboxylic acids is 1. The maximum atomic E-state index is 12.7. The summed E-state index contributed by atoms with van der Waals surface area (Å²) in [7, 11) is 1.56. The fourth-order valence-electron chi connectivity index (χ4n) is 2.68. The molecule has 1 aliphatic heterocycles. The number of benzene rings is 2. The van der Waals surface area contributed by atoms with E-state index in [-0.39, 0.29) is 12.0 Å². The van der Waals surface area contributed by atoms with E-state index in [2.05, 4.69) is 5.32 Å². The van der Waals surface area contributed by atoms with Gasteiger partial charge in [-0.1, -0.05) is 23.7 Å². The van der Waals surface area contributed by atoms with Crippen molar-refractivity contribution in [1.82, 2.24) is 0 Å². The lowest BCUT2D eigenvalue weighted by Crippen LogP contribution is -2.14. The Morgan fingerprint density at radius 3 is 2.92 bits per heavy atom. The van der Waals surface area contributed by atoms with Crippen molar-refractivity contribution in [1.29, 1.82) is 0 Å². The zero-order chi connectivity index (χ0) is 17.6. The van der Waals surface area contributed by atoms with Crippen LogP contribution in [0.2, 0.25) is 5.02 Å². The fourth-order valence-corrected chi connectivity index (χ4v) is 4.06. The molecule has 0 unspecified atom stereocenters. The molecule has 0 radical (unpaired) electrons. The molecule has 2 aromatic rings. The Kier molecular flexibility index (Phi) is 6.24. The van der Waals surface area contributed by atoms with Gasteiger partial charge in [0.15, 0.2) is 0 Å². The molecule has 6 heteroatoms. The molecule has 1 fully saturated rings. The second kappa shape index (κ2) is 8.61. The maximum absolute atomic E-state index is 12.7. The van der Waals surface area contributed by atoms with Crippen molar-refractivity contribution >= 4 is 35.0 Å². The van der Waals surface area contributed by atoms with Crippen LogP contribution in [0.3, 0.4) is 0 Å². The third-order valence-corrected chi connectivity index (χ3v) is 5.49. The molecule has 1 heterocycles. The second-order valence-electron chi connectivity index (χ2n) is 5.75. The first-order chi connectivity index (χ1) is 12.2. The minimum atomic E-state index is -0.156. The summed E-state index contributed by atoms with van der Waals surface area (Å²) in [5, 5.41) is 3.35. The van der Waals surface area contributed by atoms with Gasteiger partial charge in [-0.15, -0.1) is 11.8 Å². The Hall–Kier alpha value is -1.69. The highest BCUT2D eigenvalue weighted by Crippen LogP contribution is 2.29. The largest absolute Gasteiger partial charge is 0.495 e. The number of rotatable bonds is 6. The van der Waals surface area contributed by atoms with Crippen molar-refractivity contribution in [3.8, 4) is 5.75 Å². The van der Waals surface area contributed by atoms with Crippen LogP contribution in [0.15, 0.2) is 47.4 Å². The number of thioether (sulfide) groups is 1. The molecule has 4 nitrogen and oxygen atoms in total. The highest BCUT2D eigenvalue weighted by Gasteiger charge is 2.18. The molecule has 1 amide bonds. The summed E-state index contributed by atoms with van der Waals surface area (Å²) >= 11 is 7.78. The van der Waals surface area contributed by atoms with Crippen molar-refractivity contribution in [2.75, 3.05) is 24.8 Å². The van der Waals surface area contributed by atoms with Crippen LogP contribution in [-0.4, -0.2) is 31.5 Å². The average Bonchev–Trinajstić information content (AvgIpc) is 3.14. The van der Waals surface area contributed by atoms with Crippen molar-refractivity contribution in [2.24, 2.45) is 0 Å². The van der Waals surface area contributed by atoms with Gasteiger partial charge in [-0.25, -0.2) is 0 Å². The van der Waals surface area contributed by atoms with Crippen LogP contribution >= 0.6 is 23.4 Å². The van der Waals surface area contributed by atoms with Gasteiger partial charge in [0, 0.05) is 22.9 Å². The number of hydrogen-bond donors (Lipinski definition) is 1. The minimum absolute atomic E-state index is 0.156. The number of carbonyl (C=O) groups is 1. The van der Waals surface area contributed by atoms with Gasteiger partial charge < -0.3 is 14.8 Å². The number of hydrogen-bond acceptors (Lipinski definition) is 4. The Morgan fingerprint density at radius 1 is 1.36 bits per heavy atom. The van der Waals surface area contributed by atoms with Gasteiger partial charge in [-0.3, -0.25) is 4.79 Å². The summed E-state index contributed by atoms with van der Waals surface area (Å²) in [5.41, 5.74) is 1.28. The van der Waals surface area contributed by atoms with Crippen molar-refractivity contribution in [3.63, 3.8) is 0 Å². The summed E-state index contributed by atoms with van der Waals surface area (Å²) in [6.45, 7) is 0.839. The first kappa shape index (κ1) is 18.1. The SMILES string of the molecule is COc1ccc(NC(=O)c2ccccc2SC[C@@H]2CCCO2)cc1Cl. The molecule has 25 heavy (non-hydrogen) atoms. The van der Waals surface area contributed by atoms with Crippen molar-refractivity contribution in [2.45, 2.75) is 23.8 Å². The van der Waals surface area contributed by atoms with Crippen LogP contribution < -0.4 is 10.1 Å². The molecule has 0 aliphatic carbocycles. The van der Waals surface area contributed by atoms with E-state index in [4.69, 9.17) is 21.1 Å². The van der Waals surface area contributed by atoms with E-state index in [9.17, 15) is 4.79 Å². The van der Waals surface area contributed by atoms with Crippen LogP contribution in [0.1, 0.15) is 23.2 Å². The Balaban J connectivity index is 1.70. The molecule has 1 saturated heterocycles. The zero-order valence-electron chi connectivity index (χ0n) is 14.0. The summed E-state index contributed by atoms with van der Waals surface area (Å²) in [6, 6.07) is 12.8. The van der Waals surface area contributed by atoms with Gasteiger partial charge in [0.1, 0.15) is 5.75 Å². The van der Waals surface area contributed by atoms with E-state index < -0.39 is 0 Å². The van der Waals surface area contributed by atoms with Crippen LogP contribution in [-0.2, 0) is 4.74 Å². The summed E-state index contributed by atoms with van der Waals surface area (Å²) in [6.07, 6.45) is 2.48.